The highest BCUT2D eigenvalue weighted by atomic mass is 16.5. The van der Waals surface area contributed by atoms with Crippen molar-refractivity contribution in [2.24, 2.45) is 0 Å². The number of carbonyl (C=O) groups excluding carboxylic acids is 1. The van der Waals surface area contributed by atoms with Crippen LogP contribution in [0.2, 0.25) is 0 Å². The molecule has 1 aliphatic heterocycles. The average Bonchev–Trinajstić information content (AvgIpc) is 2.56. The second-order valence-electron chi connectivity index (χ2n) is 5.07. The fraction of sp³-hybridized carbons (Fsp3) is 0.438. The van der Waals surface area contributed by atoms with Crippen LogP contribution in [0.15, 0.2) is 30.9 Å². The van der Waals surface area contributed by atoms with E-state index in [0.717, 1.165) is 19.6 Å². The SMILES string of the molecule is C=CCN1CCN(C(=O)Nc2ccc(OC)cc2OC)CC1. The Labute approximate surface area is 131 Å². The quantitative estimate of drug-likeness (QED) is 0.846. The molecule has 0 radical (unpaired) electrons. The molecule has 1 saturated heterocycles. The van der Waals surface area contributed by atoms with E-state index in [4.69, 9.17) is 9.47 Å². The zero-order valence-corrected chi connectivity index (χ0v) is 13.2. The third kappa shape index (κ3) is 3.92. The van der Waals surface area contributed by atoms with Gasteiger partial charge in [-0.25, -0.2) is 4.79 Å². The molecule has 1 aliphatic rings. The molecule has 1 N–H and O–H groups in total. The number of benzene rings is 1. The summed E-state index contributed by atoms with van der Waals surface area (Å²) in [5, 5.41) is 2.90. The average molecular weight is 305 g/mol. The second kappa shape index (κ2) is 7.70. The number of piperazine rings is 1. The standard InChI is InChI=1S/C16H23N3O3/c1-4-7-18-8-10-19(11-9-18)16(20)17-14-6-5-13(21-2)12-15(14)22-3/h4-6,12H,1,7-11H2,2-3H3,(H,17,20). The molecule has 0 aliphatic carbocycles. The minimum absolute atomic E-state index is 0.110. The van der Waals surface area contributed by atoms with Crippen LogP contribution in [-0.2, 0) is 0 Å². The van der Waals surface area contributed by atoms with Gasteiger partial charge in [0.1, 0.15) is 11.5 Å². The smallest absolute Gasteiger partial charge is 0.322 e. The molecule has 0 atom stereocenters. The highest BCUT2D eigenvalue weighted by molar-refractivity contribution is 5.91. The van der Waals surface area contributed by atoms with Gasteiger partial charge >= 0.3 is 6.03 Å². The first-order valence-electron chi connectivity index (χ1n) is 7.29. The lowest BCUT2D eigenvalue weighted by Crippen LogP contribution is -2.49. The molecular weight excluding hydrogens is 282 g/mol. The molecule has 6 nitrogen and oxygen atoms in total. The minimum Gasteiger partial charge on any atom is -0.497 e. The van der Waals surface area contributed by atoms with Crippen LogP contribution in [-0.4, -0.2) is 62.8 Å². The molecule has 120 valence electrons. The lowest BCUT2D eigenvalue weighted by molar-refractivity contribution is 0.155. The van der Waals surface area contributed by atoms with E-state index in [1.165, 1.54) is 0 Å². The molecule has 1 aromatic carbocycles. The number of rotatable bonds is 5. The van der Waals surface area contributed by atoms with Crippen LogP contribution >= 0.6 is 0 Å². The molecule has 1 heterocycles. The van der Waals surface area contributed by atoms with Crippen LogP contribution in [0, 0.1) is 0 Å². The summed E-state index contributed by atoms with van der Waals surface area (Å²) >= 11 is 0. The second-order valence-corrected chi connectivity index (χ2v) is 5.07. The maximum atomic E-state index is 12.3. The van der Waals surface area contributed by atoms with Gasteiger partial charge in [-0.05, 0) is 12.1 Å². The predicted octanol–water partition coefficient (Wildman–Crippen LogP) is 2.04. The Balaban J connectivity index is 1.96. The molecule has 2 amide bonds. The summed E-state index contributed by atoms with van der Waals surface area (Å²) in [5.41, 5.74) is 0.641. The van der Waals surface area contributed by atoms with Crippen molar-refractivity contribution in [3.8, 4) is 11.5 Å². The van der Waals surface area contributed by atoms with Crippen LogP contribution in [0.4, 0.5) is 10.5 Å². The van der Waals surface area contributed by atoms with E-state index >= 15 is 0 Å². The van der Waals surface area contributed by atoms with E-state index in [1.807, 2.05) is 11.0 Å². The first kappa shape index (κ1) is 16.2. The molecule has 0 aromatic heterocycles. The zero-order valence-electron chi connectivity index (χ0n) is 13.2. The van der Waals surface area contributed by atoms with Crippen molar-refractivity contribution >= 4 is 11.7 Å². The van der Waals surface area contributed by atoms with Crippen molar-refractivity contribution in [2.75, 3.05) is 52.3 Å². The maximum absolute atomic E-state index is 12.3. The van der Waals surface area contributed by atoms with Gasteiger partial charge in [0.2, 0.25) is 0 Å². The minimum atomic E-state index is -0.110. The molecule has 0 unspecified atom stereocenters. The number of urea groups is 1. The summed E-state index contributed by atoms with van der Waals surface area (Å²) in [7, 11) is 3.16. The Morgan fingerprint density at radius 2 is 2.00 bits per heavy atom. The van der Waals surface area contributed by atoms with E-state index in [9.17, 15) is 4.79 Å². The van der Waals surface area contributed by atoms with Crippen LogP contribution in [0.1, 0.15) is 0 Å². The van der Waals surface area contributed by atoms with E-state index in [1.54, 1.807) is 32.4 Å². The maximum Gasteiger partial charge on any atom is 0.322 e. The Hall–Kier alpha value is -2.21. The number of hydrogen-bond acceptors (Lipinski definition) is 4. The van der Waals surface area contributed by atoms with E-state index in [0.29, 0.717) is 30.3 Å². The lowest BCUT2D eigenvalue weighted by Gasteiger charge is -2.34. The van der Waals surface area contributed by atoms with Crippen molar-refractivity contribution in [1.82, 2.24) is 9.80 Å². The topological polar surface area (TPSA) is 54.0 Å². The van der Waals surface area contributed by atoms with Crippen molar-refractivity contribution in [3.05, 3.63) is 30.9 Å². The Morgan fingerprint density at radius 3 is 2.59 bits per heavy atom. The van der Waals surface area contributed by atoms with Gasteiger partial charge in [-0.1, -0.05) is 6.08 Å². The van der Waals surface area contributed by atoms with E-state index in [2.05, 4.69) is 16.8 Å². The van der Waals surface area contributed by atoms with Crippen LogP contribution in [0.3, 0.4) is 0 Å². The van der Waals surface area contributed by atoms with Crippen LogP contribution in [0.5, 0.6) is 11.5 Å². The van der Waals surface area contributed by atoms with Gasteiger partial charge in [0.05, 0.1) is 19.9 Å². The monoisotopic (exact) mass is 305 g/mol. The lowest BCUT2D eigenvalue weighted by atomic mass is 10.2. The summed E-state index contributed by atoms with van der Waals surface area (Å²) in [4.78, 5) is 16.4. The third-order valence-electron chi connectivity index (χ3n) is 3.70. The summed E-state index contributed by atoms with van der Waals surface area (Å²) < 4.78 is 10.4. The Bertz CT molecular complexity index is 525. The molecule has 6 heteroatoms. The summed E-state index contributed by atoms with van der Waals surface area (Å²) in [6.45, 7) is 7.74. The number of nitrogens with zero attached hydrogens (tertiary/aromatic N) is 2. The first-order chi connectivity index (χ1) is 10.7. The van der Waals surface area contributed by atoms with E-state index < -0.39 is 0 Å². The molecular formula is C16H23N3O3. The van der Waals surface area contributed by atoms with Crippen molar-refractivity contribution < 1.29 is 14.3 Å². The molecule has 0 saturated carbocycles. The number of ether oxygens (including phenoxy) is 2. The van der Waals surface area contributed by atoms with Crippen molar-refractivity contribution in [2.45, 2.75) is 0 Å². The molecule has 0 bridgehead atoms. The highest BCUT2D eigenvalue weighted by Crippen LogP contribution is 2.29. The van der Waals surface area contributed by atoms with Gasteiger partial charge in [-0.2, -0.15) is 0 Å². The van der Waals surface area contributed by atoms with Gasteiger partial charge in [-0.15, -0.1) is 6.58 Å². The highest BCUT2D eigenvalue weighted by Gasteiger charge is 2.21. The van der Waals surface area contributed by atoms with Gasteiger partial charge in [0, 0.05) is 38.8 Å². The normalized spacial score (nSPS) is 15.3. The van der Waals surface area contributed by atoms with Crippen LogP contribution in [0.25, 0.3) is 0 Å². The van der Waals surface area contributed by atoms with Crippen molar-refractivity contribution in [3.63, 3.8) is 0 Å². The summed E-state index contributed by atoms with van der Waals surface area (Å²) in [6, 6.07) is 5.21. The van der Waals surface area contributed by atoms with Gasteiger partial charge in [0.25, 0.3) is 0 Å². The Morgan fingerprint density at radius 1 is 1.27 bits per heavy atom. The number of carbonyl (C=O) groups is 1. The molecule has 1 aromatic rings. The predicted molar refractivity (Wildman–Crippen MR) is 86.8 cm³/mol. The molecule has 1 fully saturated rings. The first-order valence-corrected chi connectivity index (χ1v) is 7.29. The van der Waals surface area contributed by atoms with Gasteiger partial charge in [0.15, 0.2) is 0 Å². The van der Waals surface area contributed by atoms with Gasteiger partial charge < -0.3 is 19.7 Å². The molecule has 2 rings (SSSR count). The summed E-state index contributed by atoms with van der Waals surface area (Å²) in [5.74, 6) is 1.27. The zero-order chi connectivity index (χ0) is 15.9. The summed E-state index contributed by atoms with van der Waals surface area (Å²) in [6.07, 6.45) is 1.89. The van der Waals surface area contributed by atoms with Gasteiger partial charge in [-0.3, -0.25) is 4.90 Å². The fourth-order valence-corrected chi connectivity index (χ4v) is 2.41. The number of hydrogen-bond donors (Lipinski definition) is 1. The largest absolute Gasteiger partial charge is 0.497 e. The number of nitrogens with one attached hydrogen (secondary N) is 1. The fourth-order valence-electron chi connectivity index (χ4n) is 2.41. The number of anilines is 1. The number of methoxy groups -OCH3 is 2. The van der Waals surface area contributed by atoms with Crippen molar-refractivity contribution in [1.29, 1.82) is 0 Å². The van der Waals surface area contributed by atoms with Crippen LogP contribution < -0.4 is 14.8 Å². The van der Waals surface area contributed by atoms with E-state index in [-0.39, 0.29) is 6.03 Å². The molecule has 0 spiro atoms. The number of amides is 2. The third-order valence-corrected chi connectivity index (χ3v) is 3.70. The Kier molecular flexibility index (Phi) is 5.66. The molecule has 22 heavy (non-hydrogen) atoms.